The second-order valence-corrected chi connectivity index (χ2v) is 7.17. The topological polar surface area (TPSA) is 71.7 Å². The molecule has 1 unspecified atom stereocenters. The van der Waals surface area contributed by atoms with Crippen LogP contribution in [0.15, 0.2) is 42.6 Å². The molecular formula is C20H23FN4O3. The third-order valence-electron chi connectivity index (χ3n) is 5.50. The SMILES string of the molecule is O=[N+]([O-])c1ccc(N2CCN(C(c3ccccn3)[C@H]3CCCO3)CC2)c(F)c1. The Balaban J connectivity index is 1.48. The van der Waals surface area contributed by atoms with Gasteiger partial charge < -0.3 is 9.64 Å². The lowest BCUT2D eigenvalue weighted by Gasteiger charge is -2.41. The molecule has 2 saturated heterocycles. The molecular weight excluding hydrogens is 363 g/mol. The van der Waals surface area contributed by atoms with Gasteiger partial charge in [-0.2, -0.15) is 0 Å². The van der Waals surface area contributed by atoms with Crippen LogP contribution in [0.4, 0.5) is 15.8 Å². The molecule has 2 fully saturated rings. The number of nitro groups is 1. The number of anilines is 1. The van der Waals surface area contributed by atoms with Crippen LogP contribution in [0.5, 0.6) is 0 Å². The van der Waals surface area contributed by atoms with Crippen LogP contribution in [0, 0.1) is 15.9 Å². The standard InChI is InChI=1S/C20H23FN4O3/c21-16-14-15(25(26)27)6-7-18(16)23-9-11-24(12-10-23)20(19-5-3-13-28-19)17-4-1-2-8-22-17/h1-2,4,6-8,14,19-20H,3,5,9-13H2/t19-,20?/m1/s1. The number of non-ortho nitro benzene ring substituents is 1. The Hall–Kier alpha value is -2.58. The molecule has 8 heteroatoms. The van der Waals surface area contributed by atoms with E-state index in [1.165, 1.54) is 12.1 Å². The lowest BCUT2D eigenvalue weighted by atomic mass is 10.0. The maximum absolute atomic E-state index is 14.4. The van der Waals surface area contributed by atoms with Crippen LogP contribution in [0.2, 0.25) is 0 Å². The van der Waals surface area contributed by atoms with E-state index in [0.29, 0.717) is 18.8 Å². The number of aromatic nitrogens is 1. The van der Waals surface area contributed by atoms with E-state index in [-0.39, 0.29) is 17.8 Å². The quantitative estimate of drug-likeness (QED) is 0.581. The summed E-state index contributed by atoms with van der Waals surface area (Å²) < 4.78 is 20.3. The van der Waals surface area contributed by atoms with E-state index in [1.54, 1.807) is 6.20 Å². The minimum atomic E-state index is -0.580. The van der Waals surface area contributed by atoms with E-state index in [9.17, 15) is 14.5 Å². The second-order valence-electron chi connectivity index (χ2n) is 7.17. The number of pyridine rings is 1. The van der Waals surface area contributed by atoms with Gasteiger partial charge in [-0.1, -0.05) is 6.07 Å². The number of rotatable bonds is 5. The summed E-state index contributed by atoms with van der Waals surface area (Å²) in [5.41, 5.74) is 1.19. The molecule has 7 nitrogen and oxygen atoms in total. The van der Waals surface area contributed by atoms with Crippen molar-refractivity contribution in [3.8, 4) is 0 Å². The Morgan fingerprint density at radius 1 is 1.21 bits per heavy atom. The van der Waals surface area contributed by atoms with Crippen LogP contribution in [0.25, 0.3) is 0 Å². The van der Waals surface area contributed by atoms with Crippen LogP contribution in [0.3, 0.4) is 0 Å². The van der Waals surface area contributed by atoms with Gasteiger partial charge in [-0.15, -0.1) is 0 Å². The van der Waals surface area contributed by atoms with Crippen LogP contribution in [0.1, 0.15) is 24.6 Å². The van der Waals surface area contributed by atoms with Gasteiger partial charge in [0, 0.05) is 45.0 Å². The predicted octanol–water partition coefficient (Wildman–Crippen LogP) is 3.17. The van der Waals surface area contributed by atoms with Gasteiger partial charge >= 0.3 is 0 Å². The molecule has 0 spiro atoms. The van der Waals surface area contributed by atoms with E-state index in [1.807, 2.05) is 23.1 Å². The van der Waals surface area contributed by atoms with E-state index >= 15 is 0 Å². The summed E-state index contributed by atoms with van der Waals surface area (Å²) in [7, 11) is 0. The van der Waals surface area contributed by atoms with Crippen molar-refractivity contribution in [3.63, 3.8) is 0 Å². The Morgan fingerprint density at radius 2 is 2.04 bits per heavy atom. The van der Waals surface area contributed by atoms with Crippen molar-refractivity contribution < 1.29 is 14.1 Å². The summed E-state index contributed by atoms with van der Waals surface area (Å²) >= 11 is 0. The predicted molar refractivity (Wildman–Crippen MR) is 103 cm³/mol. The molecule has 4 rings (SSSR count). The Morgan fingerprint density at radius 3 is 2.64 bits per heavy atom. The van der Waals surface area contributed by atoms with Gasteiger partial charge in [0.1, 0.15) is 0 Å². The van der Waals surface area contributed by atoms with Gasteiger partial charge in [-0.25, -0.2) is 4.39 Å². The molecule has 0 N–H and O–H groups in total. The van der Waals surface area contributed by atoms with E-state index in [0.717, 1.165) is 44.3 Å². The largest absolute Gasteiger partial charge is 0.376 e. The highest BCUT2D eigenvalue weighted by Gasteiger charge is 2.35. The van der Waals surface area contributed by atoms with Crippen molar-refractivity contribution in [1.82, 2.24) is 9.88 Å². The zero-order valence-electron chi connectivity index (χ0n) is 15.5. The highest BCUT2D eigenvalue weighted by molar-refractivity contribution is 5.52. The summed E-state index contributed by atoms with van der Waals surface area (Å²) in [6.07, 6.45) is 4.00. The summed E-state index contributed by atoms with van der Waals surface area (Å²) in [6, 6.07) is 9.87. The third kappa shape index (κ3) is 3.83. The number of hydrogen-bond donors (Lipinski definition) is 0. The lowest BCUT2D eigenvalue weighted by molar-refractivity contribution is -0.385. The van der Waals surface area contributed by atoms with Crippen molar-refractivity contribution in [3.05, 3.63) is 64.2 Å². The molecule has 2 aliphatic heterocycles. The molecule has 148 valence electrons. The van der Waals surface area contributed by atoms with Crippen molar-refractivity contribution in [2.75, 3.05) is 37.7 Å². The van der Waals surface area contributed by atoms with Crippen molar-refractivity contribution in [2.24, 2.45) is 0 Å². The third-order valence-corrected chi connectivity index (χ3v) is 5.50. The van der Waals surface area contributed by atoms with Crippen LogP contribution >= 0.6 is 0 Å². The number of nitrogens with zero attached hydrogens (tertiary/aromatic N) is 4. The first-order chi connectivity index (χ1) is 13.6. The van der Waals surface area contributed by atoms with Gasteiger partial charge in [0.25, 0.3) is 5.69 Å². The Kier molecular flexibility index (Phi) is 5.50. The highest BCUT2D eigenvalue weighted by Crippen LogP contribution is 2.33. The van der Waals surface area contributed by atoms with Gasteiger partial charge in [-0.3, -0.25) is 20.0 Å². The van der Waals surface area contributed by atoms with E-state index in [4.69, 9.17) is 4.74 Å². The Bertz CT molecular complexity index is 821. The van der Waals surface area contributed by atoms with Crippen molar-refractivity contribution in [1.29, 1.82) is 0 Å². The van der Waals surface area contributed by atoms with Gasteiger partial charge in [0.2, 0.25) is 0 Å². The maximum Gasteiger partial charge on any atom is 0.272 e. The minimum Gasteiger partial charge on any atom is -0.376 e. The molecule has 2 aliphatic rings. The van der Waals surface area contributed by atoms with Gasteiger partial charge in [-0.05, 0) is 31.0 Å². The average molecular weight is 386 g/mol. The number of hydrogen-bond acceptors (Lipinski definition) is 6. The van der Waals surface area contributed by atoms with E-state index < -0.39 is 10.7 Å². The maximum atomic E-state index is 14.4. The number of nitro benzene ring substituents is 1. The molecule has 2 atom stereocenters. The summed E-state index contributed by atoms with van der Waals surface area (Å²) in [4.78, 5) is 19.1. The molecule has 0 radical (unpaired) electrons. The summed E-state index contributed by atoms with van der Waals surface area (Å²) in [5, 5.41) is 10.8. The average Bonchev–Trinajstić information content (AvgIpc) is 3.24. The number of halogens is 1. The molecule has 28 heavy (non-hydrogen) atoms. The van der Waals surface area contributed by atoms with Crippen molar-refractivity contribution >= 4 is 11.4 Å². The highest BCUT2D eigenvalue weighted by atomic mass is 19.1. The lowest BCUT2D eigenvalue weighted by Crippen LogP contribution is -2.50. The molecule has 0 saturated carbocycles. The van der Waals surface area contributed by atoms with Crippen molar-refractivity contribution in [2.45, 2.75) is 25.0 Å². The minimum absolute atomic E-state index is 0.0903. The first kappa shape index (κ1) is 18.8. The normalized spacial score (nSPS) is 21.6. The number of ether oxygens (including phenoxy) is 1. The van der Waals surface area contributed by atoms with Crippen LogP contribution in [-0.4, -0.2) is 53.7 Å². The molecule has 3 heterocycles. The molecule has 0 aliphatic carbocycles. The molecule has 2 aromatic rings. The first-order valence-corrected chi connectivity index (χ1v) is 9.59. The Labute approximate surface area is 162 Å². The summed E-state index contributed by atoms with van der Waals surface area (Å²) in [6.45, 7) is 3.56. The van der Waals surface area contributed by atoms with Crippen LogP contribution in [-0.2, 0) is 4.74 Å². The molecule has 1 aromatic carbocycles. The number of piperazine rings is 1. The zero-order valence-corrected chi connectivity index (χ0v) is 15.5. The molecule has 1 aromatic heterocycles. The van der Waals surface area contributed by atoms with Crippen LogP contribution < -0.4 is 4.90 Å². The first-order valence-electron chi connectivity index (χ1n) is 9.59. The zero-order chi connectivity index (χ0) is 19.5. The monoisotopic (exact) mass is 386 g/mol. The smallest absolute Gasteiger partial charge is 0.272 e. The fraction of sp³-hybridized carbons (Fsp3) is 0.450. The molecule has 0 amide bonds. The van der Waals surface area contributed by atoms with Gasteiger partial charge in [0.15, 0.2) is 5.82 Å². The van der Waals surface area contributed by atoms with Gasteiger partial charge in [0.05, 0.1) is 34.5 Å². The molecule has 0 bridgehead atoms. The fourth-order valence-electron chi connectivity index (χ4n) is 4.12. The van der Waals surface area contributed by atoms with E-state index in [2.05, 4.69) is 9.88 Å². The number of benzene rings is 1. The second kappa shape index (κ2) is 8.20. The summed E-state index contributed by atoms with van der Waals surface area (Å²) in [5.74, 6) is -0.553. The fourth-order valence-corrected chi connectivity index (χ4v) is 4.12.